The first-order valence-electron chi connectivity index (χ1n) is 5.53. The maximum atomic E-state index is 11.8. The first-order valence-corrected chi connectivity index (χ1v) is 5.53. The molecule has 0 radical (unpaired) electrons. The molecule has 3 heteroatoms. The number of aryl methyl sites for hydroxylation is 3. The zero-order valence-corrected chi connectivity index (χ0v) is 10.5. The molecule has 0 aliphatic rings. The Kier molecular flexibility index (Phi) is 4.30. The van der Waals surface area contributed by atoms with Gasteiger partial charge < -0.3 is 11.1 Å². The van der Waals surface area contributed by atoms with E-state index in [1.807, 2.05) is 32.9 Å². The quantitative estimate of drug-likeness (QED) is 0.779. The average molecular weight is 230 g/mol. The normalized spacial score (nSPS) is 11.7. The molecule has 17 heavy (non-hydrogen) atoms. The van der Waals surface area contributed by atoms with Crippen LogP contribution in [0.25, 0.3) is 0 Å². The fraction of sp³-hybridized carbons (Fsp3) is 0.357. The number of nitrogens with one attached hydrogen (secondary N) is 1. The molecule has 3 nitrogen and oxygen atoms in total. The van der Waals surface area contributed by atoms with E-state index >= 15 is 0 Å². The van der Waals surface area contributed by atoms with Crippen LogP contribution in [0.2, 0.25) is 0 Å². The van der Waals surface area contributed by atoms with Crippen molar-refractivity contribution in [2.24, 2.45) is 5.73 Å². The lowest BCUT2D eigenvalue weighted by atomic mass is 10.0. The molecule has 0 spiro atoms. The molecule has 1 aromatic carbocycles. The van der Waals surface area contributed by atoms with Gasteiger partial charge in [0.25, 0.3) is 0 Å². The van der Waals surface area contributed by atoms with Crippen LogP contribution in [0.3, 0.4) is 0 Å². The van der Waals surface area contributed by atoms with Crippen molar-refractivity contribution in [3.05, 3.63) is 28.8 Å². The fourth-order valence-corrected chi connectivity index (χ4v) is 1.81. The first-order chi connectivity index (χ1) is 7.95. The van der Waals surface area contributed by atoms with Crippen LogP contribution in [0.4, 0.5) is 5.69 Å². The fourth-order valence-electron chi connectivity index (χ4n) is 1.81. The van der Waals surface area contributed by atoms with Crippen molar-refractivity contribution in [1.82, 2.24) is 0 Å². The van der Waals surface area contributed by atoms with Gasteiger partial charge in [0.2, 0.25) is 5.91 Å². The number of hydrogen-bond donors (Lipinski definition) is 2. The highest BCUT2D eigenvalue weighted by Gasteiger charge is 2.14. The summed E-state index contributed by atoms with van der Waals surface area (Å²) in [6, 6.07) is 3.39. The highest BCUT2D eigenvalue weighted by molar-refractivity contribution is 5.96. The molecular weight excluding hydrogens is 212 g/mol. The Bertz CT molecular complexity index is 449. The van der Waals surface area contributed by atoms with E-state index in [9.17, 15) is 4.79 Å². The molecule has 0 saturated heterocycles. The smallest absolute Gasteiger partial charge is 0.242 e. The lowest BCUT2D eigenvalue weighted by molar-refractivity contribution is -0.117. The van der Waals surface area contributed by atoms with Crippen LogP contribution in [-0.2, 0) is 4.79 Å². The summed E-state index contributed by atoms with van der Waals surface area (Å²) < 4.78 is 0. The third-order valence-corrected chi connectivity index (χ3v) is 2.60. The van der Waals surface area contributed by atoms with Gasteiger partial charge in [-0.25, -0.2) is 0 Å². The first kappa shape index (κ1) is 13.3. The van der Waals surface area contributed by atoms with Gasteiger partial charge in [0.15, 0.2) is 0 Å². The number of rotatable bonds is 3. The van der Waals surface area contributed by atoms with Crippen LogP contribution in [0.5, 0.6) is 0 Å². The summed E-state index contributed by atoms with van der Waals surface area (Å²) in [5.74, 6) is 2.15. The number of terminal acetylenes is 1. The van der Waals surface area contributed by atoms with Crippen molar-refractivity contribution in [2.45, 2.75) is 33.2 Å². The standard InChI is InChI=1S/C14H18N2O/c1-5-6-12(15)14(17)16-13-10(3)7-9(2)8-11(13)4/h1,7-8,12H,6,15H2,2-4H3,(H,16,17). The van der Waals surface area contributed by atoms with E-state index in [4.69, 9.17) is 12.2 Å². The molecule has 1 amide bonds. The lowest BCUT2D eigenvalue weighted by Crippen LogP contribution is -2.35. The Morgan fingerprint density at radius 3 is 2.41 bits per heavy atom. The van der Waals surface area contributed by atoms with Crippen LogP contribution in [-0.4, -0.2) is 11.9 Å². The van der Waals surface area contributed by atoms with E-state index < -0.39 is 6.04 Å². The molecule has 0 aliphatic carbocycles. The van der Waals surface area contributed by atoms with E-state index in [2.05, 4.69) is 11.2 Å². The third-order valence-electron chi connectivity index (χ3n) is 2.60. The summed E-state index contributed by atoms with van der Waals surface area (Å²) in [4.78, 5) is 11.8. The maximum absolute atomic E-state index is 11.8. The van der Waals surface area contributed by atoms with Gasteiger partial charge in [0.1, 0.15) is 0 Å². The third kappa shape index (κ3) is 3.33. The Balaban J connectivity index is 2.90. The van der Waals surface area contributed by atoms with Crippen molar-refractivity contribution in [3.63, 3.8) is 0 Å². The topological polar surface area (TPSA) is 55.1 Å². The Morgan fingerprint density at radius 1 is 1.41 bits per heavy atom. The second kappa shape index (κ2) is 5.51. The van der Waals surface area contributed by atoms with Gasteiger partial charge in [-0.1, -0.05) is 17.7 Å². The zero-order chi connectivity index (χ0) is 13.0. The van der Waals surface area contributed by atoms with Gasteiger partial charge in [-0.15, -0.1) is 12.3 Å². The molecule has 1 atom stereocenters. The number of hydrogen-bond acceptors (Lipinski definition) is 2. The van der Waals surface area contributed by atoms with Gasteiger partial charge >= 0.3 is 0 Å². The van der Waals surface area contributed by atoms with Crippen LogP contribution >= 0.6 is 0 Å². The van der Waals surface area contributed by atoms with Crippen molar-refractivity contribution in [3.8, 4) is 12.3 Å². The Hall–Kier alpha value is -1.79. The van der Waals surface area contributed by atoms with Crippen molar-refractivity contribution in [1.29, 1.82) is 0 Å². The summed E-state index contributed by atoms with van der Waals surface area (Å²) in [7, 11) is 0. The van der Waals surface area contributed by atoms with Crippen molar-refractivity contribution < 1.29 is 4.79 Å². The predicted octanol–water partition coefficient (Wildman–Crippen LogP) is 1.90. The number of benzene rings is 1. The molecule has 1 unspecified atom stereocenters. The SMILES string of the molecule is C#CCC(N)C(=O)Nc1c(C)cc(C)cc1C. The molecule has 0 fully saturated rings. The minimum absolute atomic E-state index is 0.238. The number of carbonyl (C=O) groups is 1. The minimum atomic E-state index is -0.653. The summed E-state index contributed by atoms with van der Waals surface area (Å²) in [6.07, 6.45) is 5.38. The molecule has 90 valence electrons. The Labute approximate surface area is 102 Å². The summed E-state index contributed by atoms with van der Waals surface area (Å²) >= 11 is 0. The van der Waals surface area contributed by atoms with Gasteiger partial charge in [-0.2, -0.15) is 0 Å². The second-order valence-corrected chi connectivity index (χ2v) is 4.28. The monoisotopic (exact) mass is 230 g/mol. The number of nitrogens with two attached hydrogens (primary N) is 1. The average Bonchev–Trinajstić information content (AvgIpc) is 2.23. The van der Waals surface area contributed by atoms with E-state index in [1.54, 1.807) is 0 Å². The summed E-state index contributed by atoms with van der Waals surface area (Å²) in [5.41, 5.74) is 9.71. The second-order valence-electron chi connectivity index (χ2n) is 4.28. The molecule has 1 rings (SSSR count). The molecule has 0 heterocycles. The number of amides is 1. The van der Waals surface area contributed by atoms with Crippen LogP contribution < -0.4 is 11.1 Å². The molecule has 0 aliphatic heterocycles. The maximum Gasteiger partial charge on any atom is 0.242 e. The largest absolute Gasteiger partial charge is 0.324 e. The van der Waals surface area contributed by atoms with Crippen molar-refractivity contribution >= 4 is 11.6 Å². The Morgan fingerprint density at radius 2 is 1.94 bits per heavy atom. The minimum Gasteiger partial charge on any atom is -0.324 e. The zero-order valence-electron chi connectivity index (χ0n) is 10.5. The van der Waals surface area contributed by atoms with Crippen LogP contribution in [0, 0.1) is 33.1 Å². The van der Waals surface area contributed by atoms with Crippen LogP contribution in [0.15, 0.2) is 12.1 Å². The van der Waals surface area contributed by atoms with E-state index in [1.165, 1.54) is 5.56 Å². The van der Waals surface area contributed by atoms with Gasteiger partial charge in [-0.3, -0.25) is 4.79 Å². The highest BCUT2D eigenvalue weighted by atomic mass is 16.2. The van der Waals surface area contributed by atoms with E-state index in [0.29, 0.717) is 0 Å². The van der Waals surface area contributed by atoms with Crippen LogP contribution in [0.1, 0.15) is 23.1 Å². The van der Waals surface area contributed by atoms with E-state index in [-0.39, 0.29) is 12.3 Å². The molecule has 3 N–H and O–H groups in total. The molecule has 1 aromatic rings. The summed E-state index contributed by atoms with van der Waals surface area (Å²) in [5, 5.41) is 2.83. The highest BCUT2D eigenvalue weighted by Crippen LogP contribution is 2.21. The number of anilines is 1. The van der Waals surface area contributed by atoms with Gasteiger partial charge in [-0.05, 0) is 31.9 Å². The lowest BCUT2D eigenvalue weighted by Gasteiger charge is -2.15. The summed E-state index contributed by atoms with van der Waals surface area (Å²) in [6.45, 7) is 5.94. The van der Waals surface area contributed by atoms with E-state index in [0.717, 1.165) is 16.8 Å². The number of carbonyl (C=O) groups excluding carboxylic acids is 1. The molecule has 0 saturated carbocycles. The van der Waals surface area contributed by atoms with Gasteiger partial charge in [0, 0.05) is 12.1 Å². The molecule has 0 bridgehead atoms. The van der Waals surface area contributed by atoms with Gasteiger partial charge in [0.05, 0.1) is 6.04 Å². The molecular formula is C14H18N2O. The molecule has 0 aromatic heterocycles. The van der Waals surface area contributed by atoms with Crippen molar-refractivity contribution in [2.75, 3.05) is 5.32 Å². The predicted molar refractivity (Wildman–Crippen MR) is 70.7 cm³/mol.